The minimum absolute atomic E-state index is 0.115. The molecule has 0 saturated carbocycles. The van der Waals surface area contributed by atoms with Crippen molar-refractivity contribution in [3.63, 3.8) is 0 Å². The van der Waals surface area contributed by atoms with Gasteiger partial charge in [-0.05, 0) is 38.0 Å². The zero-order valence-electron chi connectivity index (χ0n) is 11.8. The van der Waals surface area contributed by atoms with Gasteiger partial charge in [0.2, 0.25) is 0 Å². The summed E-state index contributed by atoms with van der Waals surface area (Å²) in [5.41, 5.74) is 5.20. The highest BCUT2D eigenvalue weighted by Crippen LogP contribution is 2.35. The van der Waals surface area contributed by atoms with E-state index in [1.165, 1.54) is 12.1 Å². The summed E-state index contributed by atoms with van der Waals surface area (Å²) in [4.78, 5) is 1.86. The minimum Gasteiger partial charge on any atom is -0.369 e. The van der Waals surface area contributed by atoms with E-state index in [-0.39, 0.29) is 17.6 Å². The predicted molar refractivity (Wildman–Crippen MR) is 72.1 cm³/mol. The Bertz CT molecular complexity index is 439. The van der Waals surface area contributed by atoms with Gasteiger partial charge in [0, 0.05) is 24.8 Å². The molecule has 0 aliphatic carbocycles. The summed E-state index contributed by atoms with van der Waals surface area (Å²) in [6.45, 7) is 5.89. The Labute approximate surface area is 112 Å². The molecule has 0 saturated heterocycles. The fraction of sp³-hybridized carbons (Fsp3) is 0.571. The first-order chi connectivity index (χ1) is 8.63. The molecule has 0 aliphatic rings. The van der Waals surface area contributed by atoms with Crippen LogP contribution < -0.4 is 10.6 Å². The third-order valence-corrected chi connectivity index (χ3v) is 3.78. The lowest BCUT2D eigenvalue weighted by Crippen LogP contribution is -2.40. The average molecular weight is 274 g/mol. The van der Waals surface area contributed by atoms with Crippen molar-refractivity contribution in [1.29, 1.82) is 0 Å². The molecule has 0 spiro atoms. The zero-order chi connectivity index (χ0) is 14.8. The van der Waals surface area contributed by atoms with E-state index < -0.39 is 11.7 Å². The van der Waals surface area contributed by atoms with Crippen LogP contribution in [0.2, 0.25) is 0 Å². The fourth-order valence-electron chi connectivity index (χ4n) is 1.80. The number of benzene rings is 1. The molecule has 0 heterocycles. The van der Waals surface area contributed by atoms with Crippen molar-refractivity contribution < 1.29 is 13.2 Å². The molecule has 0 atom stereocenters. The molecule has 5 heteroatoms. The van der Waals surface area contributed by atoms with Gasteiger partial charge in [-0.2, -0.15) is 13.2 Å². The average Bonchev–Trinajstić information content (AvgIpc) is 2.36. The van der Waals surface area contributed by atoms with Crippen LogP contribution in [0.1, 0.15) is 38.3 Å². The van der Waals surface area contributed by atoms with Crippen LogP contribution in [-0.2, 0) is 12.7 Å². The van der Waals surface area contributed by atoms with Gasteiger partial charge >= 0.3 is 6.18 Å². The summed E-state index contributed by atoms with van der Waals surface area (Å²) in [7, 11) is 1.81. The largest absolute Gasteiger partial charge is 0.416 e. The third kappa shape index (κ3) is 3.41. The summed E-state index contributed by atoms with van der Waals surface area (Å²) in [6, 6.07) is 4.33. The van der Waals surface area contributed by atoms with Gasteiger partial charge in [-0.25, -0.2) is 0 Å². The van der Waals surface area contributed by atoms with Crippen molar-refractivity contribution in [3.05, 3.63) is 29.3 Å². The van der Waals surface area contributed by atoms with Gasteiger partial charge in [0.15, 0.2) is 0 Å². The van der Waals surface area contributed by atoms with E-state index in [0.717, 1.165) is 6.42 Å². The third-order valence-electron chi connectivity index (χ3n) is 3.78. The van der Waals surface area contributed by atoms with Crippen molar-refractivity contribution in [2.75, 3.05) is 11.9 Å². The van der Waals surface area contributed by atoms with Crippen LogP contribution >= 0.6 is 0 Å². The number of halogens is 3. The van der Waals surface area contributed by atoms with Gasteiger partial charge in [0.1, 0.15) is 0 Å². The van der Waals surface area contributed by atoms with Crippen LogP contribution in [0.15, 0.2) is 18.2 Å². The number of nitrogens with two attached hydrogens (primary N) is 1. The van der Waals surface area contributed by atoms with Crippen LogP contribution in [0, 0.1) is 0 Å². The van der Waals surface area contributed by atoms with Crippen LogP contribution in [0.4, 0.5) is 18.9 Å². The summed E-state index contributed by atoms with van der Waals surface area (Å²) in [5, 5.41) is 0. The second-order valence-electron chi connectivity index (χ2n) is 5.27. The van der Waals surface area contributed by atoms with Gasteiger partial charge in [-0.1, -0.05) is 13.0 Å². The van der Waals surface area contributed by atoms with E-state index in [1.807, 2.05) is 25.7 Å². The van der Waals surface area contributed by atoms with Gasteiger partial charge in [-0.15, -0.1) is 0 Å². The molecule has 0 bridgehead atoms. The maximum atomic E-state index is 13.0. The monoisotopic (exact) mass is 274 g/mol. The normalized spacial score (nSPS) is 12.6. The Hall–Kier alpha value is -1.23. The molecule has 0 aromatic heterocycles. The Morgan fingerprint density at radius 2 is 1.79 bits per heavy atom. The number of nitrogens with zero attached hydrogens (tertiary/aromatic N) is 1. The van der Waals surface area contributed by atoms with Crippen LogP contribution in [0.3, 0.4) is 0 Å². The number of hydrogen-bond donors (Lipinski definition) is 1. The maximum absolute atomic E-state index is 13.0. The Morgan fingerprint density at radius 3 is 2.21 bits per heavy atom. The van der Waals surface area contributed by atoms with Crippen LogP contribution in [-0.4, -0.2) is 12.6 Å². The van der Waals surface area contributed by atoms with E-state index in [1.54, 1.807) is 13.1 Å². The second kappa shape index (κ2) is 5.41. The first-order valence-corrected chi connectivity index (χ1v) is 6.27. The van der Waals surface area contributed by atoms with Gasteiger partial charge in [-0.3, -0.25) is 0 Å². The zero-order valence-corrected chi connectivity index (χ0v) is 11.8. The smallest absolute Gasteiger partial charge is 0.369 e. The number of hydrogen-bond acceptors (Lipinski definition) is 2. The molecule has 0 amide bonds. The molecule has 19 heavy (non-hydrogen) atoms. The number of rotatable bonds is 4. The van der Waals surface area contributed by atoms with Gasteiger partial charge in [0.05, 0.1) is 5.56 Å². The van der Waals surface area contributed by atoms with Crippen LogP contribution in [0.25, 0.3) is 0 Å². The highest BCUT2D eigenvalue weighted by Gasteiger charge is 2.34. The SMILES string of the molecule is CCC(C)(C)N(C)c1ccc(CN)c(C(F)(F)F)c1. The molecule has 1 rings (SSSR count). The second-order valence-corrected chi connectivity index (χ2v) is 5.27. The standard InChI is InChI=1S/C14H21F3N2/c1-5-13(2,3)19(4)11-7-6-10(9-18)12(8-11)14(15,16)17/h6-8H,5,9,18H2,1-4H3. The molecule has 0 fully saturated rings. The van der Waals surface area contributed by atoms with Crippen molar-refractivity contribution in [2.45, 2.75) is 45.5 Å². The summed E-state index contributed by atoms with van der Waals surface area (Å²) in [6.07, 6.45) is -3.54. The predicted octanol–water partition coefficient (Wildman–Crippen LogP) is 3.79. The van der Waals surface area contributed by atoms with E-state index in [2.05, 4.69) is 0 Å². The van der Waals surface area contributed by atoms with Crippen LogP contribution in [0.5, 0.6) is 0 Å². The minimum atomic E-state index is -4.37. The van der Waals surface area contributed by atoms with E-state index in [9.17, 15) is 13.2 Å². The molecule has 2 nitrogen and oxygen atoms in total. The Kier molecular flexibility index (Phi) is 4.50. The molecular weight excluding hydrogens is 253 g/mol. The molecule has 108 valence electrons. The molecule has 0 radical (unpaired) electrons. The van der Waals surface area contributed by atoms with E-state index in [4.69, 9.17) is 5.73 Å². The van der Waals surface area contributed by atoms with Crippen molar-refractivity contribution in [1.82, 2.24) is 0 Å². The summed E-state index contributed by atoms with van der Waals surface area (Å²) < 4.78 is 38.9. The first kappa shape index (κ1) is 15.8. The highest BCUT2D eigenvalue weighted by atomic mass is 19.4. The molecular formula is C14H21F3N2. The topological polar surface area (TPSA) is 29.3 Å². The van der Waals surface area contributed by atoms with Gasteiger partial charge in [0.25, 0.3) is 0 Å². The molecule has 2 N–H and O–H groups in total. The molecule has 1 aromatic carbocycles. The highest BCUT2D eigenvalue weighted by molar-refractivity contribution is 5.53. The maximum Gasteiger partial charge on any atom is 0.416 e. The lowest BCUT2D eigenvalue weighted by molar-refractivity contribution is -0.138. The van der Waals surface area contributed by atoms with E-state index in [0.29, 0.717) is 5.69 Å². The summed E-state index contributed by atoms with van der Waals surface area (Å²) >= 11 is 0. The van der Waals surface area contributed by atoms with Crippen molar-refractivity contribution >= 4 is 5.69 Å². The summed E-state index contributed by atoms with van der Waals surface area (Å²) in [5.74, 6) is 0. The lowest BCUT2D eigenvalue weighted by atomic mass is 9.97. The Morgan fingerprint density at radius 1 is 1.21 bits per heavy atom. The molecule has 0 unspecified atom stereocenters. The molecule has 1 aromatic rings. The number of anilines is 1. The quantitative estimate of drug-likeness (QED) is 0.905. The van der Waals surface area contributed by atoms with Crippen molar-refractivity contribution in [3.8, 4) is 0 Å². The van der Waals surface area contributed by atoms with Gasteiger partial charge < -0.3 is 10.6 Å². The first-order valence-electron chi connectivity index (χ1n) is 6.27. The number of alkyl halides is 3. The molecule has 0 aliphatic heterocycles. The van der Waals surface area contributed by atoms with E-state index >= 15 is 0 Å². The lowest BCUT2D eigenvalue weighted by Gasteiger charge is -2.37. The Balaban J connectivity index is 3.26. The van der Waals surface area contributed by atoms with Crippen molar-refractivity contribution in [2.24, 2.45) is 5.73 Å². The fourth-order valence-corrected chi connectivity index (χ4v) is 1.80.